The van der Waals surface area contributed by atoms with Gasteiger partial charge in [0.1, 0.15) is 0 Å². The van der Waals surface area contributed by atoms with E-state index in [4.69, 9.17) is 5.11 Å². The molecule has 1 aromatic rings. The molecule has 0 aromatic heterocycles. The topological polar surface area (TPSA) is 78.4 Å². The van der Waals surface area contributed by atoms with Gasteiger partial charge < -0.3 is 15.7 Å². The molecule has 0 aliphatic heterocycles. The average Bonchev–Trinajstić information content (AvgIpc) is 2.38. The molecule has 1 aromatic carbocycles. The van der Waals surface area contributed by atoms with Crippen LogP contribution in [0.4, 0.5) is 4.79 Å². The molecule has 19 heavy (non-hydrogen) atoms. The highest BCUT2D eigenvalue weighted by Gasteiger charge is 2.12. The number of carbonyl (C=O) groups is 2. The van der Waals surface area contributed by atoms with Gasteiger partial charge in [-0.2, -0.15) is 0 Å². The van der Waals surface area contributed by atoms with E-state index in [0.29, 0.717) is 0 Å². The van der Waals surface area contributed by atoms with Gasteiger partial charge in [-0.3, -0.25) is 4.79 Å². The molecule has 0 aliphatic carbocycles. The van der Waals surface area contributed by atoms with E-state index in [2.05, 4.69) is 10.6 Å². The lowest BCUT2D eigenvalue weighted by molar-refractivity contribution is -0.136. The van der Waals surface area contributed by atoms with Gasteiger partial charge in [-0.05, 0) is 24.8 Å². The van der Waals surface area contributed by atoms with Gasteiger partial charge in [-0.15, -0.1) is 11.8 Å². The number of carbonyl (C=O) groups excluding carboxylic acids is 1. The van der Waals surface area contributed by atoms with Crippen molar-refractivity contribution in [2.75, 3.05) is 12.8 Å². The maximum absolute atomic E-state index is 11.6. The SMILES string of the molecule is CSc1ccccc1[C@H](C)NC(=O)NCCC(=O)O. The number of carboxylic acid groups (broad SMARTS) is 1. The molecule has 3 N–H and O–H groups in total. The number of rotatable bonds is 6. The number of amides is 2. The predicted octanol–water partition coefficient (Wildman–Crippen LogP) is 2.24. The van der Waals surface area contributed by atoms with Gasteiger partial charge in [-0.25, -0.2) is 4.79 Å². The lowest BCUT2D eigenvalue weighted by atomic mass is 10.1. The Morgan fingerprint density at radius 1 is 1.37 bits per heavy atom. The Bertz CT molecular complexity index is 451. The molecule has 1 rings (SSSR count). The van der Waals surface area contributed by atoms with Crippen molar-refractivity contribution in [1.29, 1.82) is 0 Å². The van der Waals surface area contributed by atoms with Crippen LogP contribution < -0.4 is 10.6 Å². The standard InChI is InChI=1S/C13H18N2O3S/c1-9(10-5-3-4-6-11(10)19-2)15-13(18)14-8-7-12(16)17/h3-6,9H,7-8H2,1-2H3,(H,16,17)(H2,14,15,18)/t9-/m0/s1. The predicted molar refractivity (Wildman–Crippen MR) is 75.4 cm³/mol. The Hall–Kier alpha value is -1.69. The maximum atomic E-state index is 11.6. The number of hydrogen-bond donors (Lipinski definition) is 3. The van der Waals surface area contributed by atoms with Crippen LogP contribution in [0.2, 0.25) is 0 Å². The molecule has 0 bridgehead atoms. The van der Waals surface area contributed by atoms with Crippen LogP contribution in [0.3, 0.4) is 0 Å². The van der Waals surface area contributed by atoms with E-state index in [0.717, 1.165) is 10.5 Å². The number of thioether (sulfide) groups is 1. The smallest absolute Gasteiger partial charge is 0.315 e. The first-order chi connectivity index (χ1) is 9.04. The molecule has 0 unspecified atom stereocenters. The van der Waals surface area contributed by atoms with Crippen molar-refractivity contribution >= 4 is 23.8 Å². The van der Waals surface area contributed by atoms with E-state index in [1.54, 1.807) is 11.8 Å². The molecule has 0 saturated heterocycles. The molecule has 0 heterocycles. The van der Waals surface area contributed by atoms with Gasteiger partial charge in [0.05, 0.1) is 12.5 Å². The zero-order valence-corrected chi connectivity index (χ0v) is 11.8. The summed E-state index contributed by atoms with van der Waals surface area (Å²) in [5.41, 5.74) is 1.04. The van der Waals surface area contributed by atoms with Crippen molar-refractivity contribution in [3.8, 4) is 0 Å². The molecule has 0 fully saturated rings. The fourth-order valence-electron chi connectivity index (χ4n) is 1.63. The summed E-state index contributed by atoms with van der Waals surface area (Å²) in [4.78, 5) is 23.0. The van der Waals surface area contributed by atoms with Crippen molar-refractivity contribution in [1.82, 2.24) is 10.6 Å². The quantitative estimate of drug-likeness (QED) is 0.699. The zero-order chi connectivity index (χ0) is 14.3. The second-order valence-corrected chi connectivity index (χ2v) is 4.86. The van der Waals surface area contributed by atoms with Crippen molar-refractivity contribution in [3.05, 3.63) is 29.8 Å². The van der Waals surface area contributed by atoms with Crippen LogP contribution in [0.1, 0.15) is 24.9 Å². The van der Waals surface area contributed by atoms with Gasteiger partial charge in [0, 0.05) is 11.4 Å². The summed E-state index contributed by atoms with van der Waals surface area (Å²) in [5.74, 6) is -0.930. The van der Waals surface area contributed by atoms with Crippen LogP contribution >= 0.6 is 11.8 Å². The summed E-state index contributed by atoms with van der Waals surface area (Å²) in [5, 5.41) is 13.8. The number of urea groups is 1. The molecule has 0 spiro atoms. The monoisotopic (exact) mass is 282 g/mol. The van der Waals surface area contributed by atoms with Gasteiger partial charge >= 0.3 is 12.0 Å². The lowest BCUT2D eigenvalue weighted by Gasteiger charge is -2.17. The molecular formula is C13H18N2O3S. The molecule has 0 aliphatic rings. The summed E-state index contributed by atoms with van der Waals surface area (Å²) in [7, 11) is 0. The molecular weight excluding hydrogens is 264 g/mol. The summed E-state index contributed by atoms with van der Waals surface area (Å²) >= 11 is 1.62. The highest BCUT2D eigenvalue weighted by Crippen LogP contribution is 2.25. The second-order valence-electron chi connectivity index (χ2n) is 4.01. The summed E-state index contributed by atoms with van der Waals surface area (Å²) in [6.45, 7) is 2.02. The van der Waals surface area contributed by atoms with Gasteiger partial charge in [0.25, 0.3) is 0 Å². The summed E-state index contributed by atoms with van der Waals surface area (Å²) in [6, 6.07) is 7.36. The van der Waals surface area contributed by atoms with Crippen molar-refractivity contribution < 1.29 is 14.7 Å². The Kier molecular flexibility index (Phi) is 6.21. The number of benzene rings is 1. The molecule has 0 saturated carbocycles. The summed E-state index contributed by atoms with van der Waals surface area (Å²) in [6.07, 6.45) is 1.90. The Balaban J connectivity index is 2.52. The van der Waals surface area contributed by atoms with Crippen LogP contribution in [0.15, 0.2) is 29.2 Å². The van der Waals surface area contributed by atoms with E-state index in [9.17, 15) is 9.59 Å². The van der Waals surface area contributed by atoms with Crippen molar-refractivity contribution in [2.45, 2.75) is 24.3 Å². The average molecular weight is 282 g/mol. The largest absolute Gasteiger partial charge is 0.481 e. The maximum Gasteiger partial charge on any atom is 0.315 e. The number of carboxylic acids is 1. The van der Waals surface area contributed by atoms with Gasteiger partial charge in [0.2, 0.25) is 0 Å². The molecule has 104 valence electrons. The van der Waals surface area contributed by atoms with Crippen LogP contribution in [0.5, 0.6) is 0 Å². The molecule has 2 amide bonds. The van der Waals surface area contributed by atoms with E-state index in [-0.39, 0.29) is 25.0 Å². The Morgan fingerprint density at radius 2 is 2.05 bits per heavy atom. The van der Waals surface area contributed by atoms with E-state index in [1.807, 2.05) is 37.4 Å². The number of aliphatic carboxylic acids is 1. The fraction of sp³-hybridized carbons (Fsp3) is 0.385. The molecule has 6 heteroatoms. The minimum atomic E-state index is -0.930. The highest BCUT2D eigenvalue weighted by molar-refractivity contribution is 7.98. The number of nitrogens with one attached hydrogen (secondary N) is 2. The Morgan fingerprint density at radius 3 is 2.68 bits per heavy atom. The minimum absolute atomic E-state index is 0.0802. The number of hydrogen-bond acceptors (Lipinski definition) is 3. The first kappa shape index (κ1) is 15.4. The van der Waals surface area contributed by atoms with Crippen LogP contribution in [-0.2, 0) is 4.79 Å². The van der Waals surface area contributed by atoms with Crippen LogP contribution in [-0.4, -0.2) is 29.9 Å². The third-order valence-electron chi connectivity index (χ3n) is 2.58. The van der Waals surface area contributed by atoms with E-state index in [1.165, 1.54) is 0 Å². The molecule has 1 atom stereocenters. The summed E-state index contributed by atoms with van der Waals surface area (Å²) < 4.78 is 0. The first-order valence-corrected chi connectivity index (χ1v) is 7.16. The van der Waals surface area contributed by atoms with Gasteiger partial charge in [0.15, 0.2) is 0 Å². The van der Waals surface area contributed by atoms with Crippen molar-refractivity contribution in [3.63, 3.8) is 0 Å². The normalized spacial score (nSPS) is 11.7. The second kappa shape index (κ2) is 7.68. The Labute approximate surface area is 116 Å². The van der Waals surface area contributed by atoms with Gasteiger partial charge in [-0.1, -0.05) is 18.2 Å². The molecule has 5 nitrogen and oxygen atoms in total. The molecule has 0 radical (unpaired) electrons. The lowest BCUT2D eigenvalue weighted by Crippen LogP contribution is -2.38. The third-order valence-corrected chi connectivity index (χ3v) is 3.39. The van der Waals surface area contributed by atoms with Crippen molar-refractivity contribution in [2.24, 2.45) is 0 Å². The van der Waals surface area contributed by atoms with Crippen LogP contribution in [0, 0.1) is 0 Å². The van der Waals surface area contributed by atoms with E-state index >= 15 is 0 Å². The fourth-order valence-corrected chi connectivity index (χ4v) is 2.33. The third kappa shape index (κ3) is 5.21. The van der Waals surface area contributed by atoms with Crippen LogP contribution in [0.25, 0.3) is 0 Å². The highest BCUT2D eigenvalue weighted by atomic mass is 32.2. The zero-order valence-electron chi connectivity index (χ0n) is 11.0. The minimum Gasteiger partial charge on any atom is -0.481 e. The van der Waals surface area contributed by atoms with E-state index < -0.39 is 5.97 Å². The first-order valence-electron chi connectivity index (χ1n) is 5.93.